The lowest BCUT2D eigenvalue weighted by atomic mass is 9.97. The molecule has 0 fully saturated rings. The van der Waals surface area contributed by atoms with Crippen LogP contribution in [0.25, 0.3) is 66.1 Å². The van der Waals surface area contributed by atoms with Gasteiger partial charge in [0.15, 0.2) is 0 Å². The Bertz CT molecular complexity index is 2540. The molecule has 0 unspecified atom stereocenters. The summed E-state index contributed by atoms with van der Waals surface area (Å²) in [5.41, 5.74) is 12.2. The van der Waals surface area contributed by atoms with Crippen molar-refractivity contribution < 1.29 is 4.42 Å². The van der Waals surface area contributed by atoms with Crippen LogP contribution in [0.1, 0.15) is 0 Å². The molecule has 2 heteroatoms. The molecule has 1 heterocycles. The fourth-order valence-electron chi connectivity index (χ4n) is 6.84. The largest absolute Gasteiger partial charge is 0.455 e. The van der Waals surface area contributed by atoms with E-state index in [0.717, 1.165) is 50.1 Å². The van der Waals surface area contributed by atoms with E-state index in [1.54, 1.807) is 0 Å². The standard InChI is InChI=1S/C46H31NO/c1-2-14-39(15-3-1)47(41-28-24-34(25-29-41)42-17-9-18-44-43-16-6-7-19-45(43)48-46(42)44)40-26-22-33(23-27-40)36-12-8-13-37(30-36)38-21-20-32-10-4-5-11-35(32)31-38/h1-31H. The summed E-state index contributed by atoms with van der Waals surface area (Å²) in [6.45, 7) is 0. The van der Waals surface area contributed by atoms with Crippen molar-refractivity contribution in [1.29, 1.82) is 0 Å². The third-order valence-electron chi connectivity index (χ3n) is 9.26. The molecule has 48 heavy (non-hydrogen) atoms. The van der Waals surface area contributed by atoms with Crippen LogP contribution < -0.4 is 4.90 Å². The Morgan fingerprint density at radius 3 is 1.69 bits per heavy atom. The highest BCUT2D eigenvalue weighted by Crippen LogP contribution is 2.39. The van der Waals surface area contributed by atoms with E-state index in [-0.39, 0.29) is 0 Å². The Labute approximate surface area is 279 Å². The van der Waals surface area contributed by atoms with E-state index in [0.29, 0.717) is 0 Å². The first-order valence-corrected chi connectivity index (χ1v) is 16.3. The number of furan rings is 1. The van der Waals surface area contributed by atoms with Crippen LogP contribution in [0, 0.1) is 0 Å². The van der Waals surface area contributed by atoms with E-state index in [2.05, 4.69) is 181 Å². The van der Waals surface area contributed by atoms with E-state index < -0.39 is 0 Å². The van der Waals surface area contributed by atoms with Gasteiger partial charge >= 0.3 is 0 Å². The van der Waals surface area contributed by atoms with Gasteiger partial charge in [-0.25, -0.2) is 0 Å². The van der Waals surface area contributed by atoms with Crippen molar-refractivity contribution in [2.75, 3.05) is 4.90 Å². The minimum Gasteiger partial charge on any atom is -0.455 e. The molecular weight excluding hydrogens is 583 g/mol. The zero-order chi connectivity index (χ0) is 31.9. The summed E-state index contributed by atoms with van der Waals surface area (Å²) < 4.78 is 6.34. The van der Waals surface area contributed by atoms with Gasteiger partial charge in [0.1, 0.15) is 11.2 Å². The molecule has 0 amide bonds. The van der Waals surface area contributed by atoms with Gasteiger partial charge in [-0.3, -0.25) is 0 Å². The highest BCUT2D eigenvalue weighted by atomic mass is 16.3. The maximum atomic E-state index is 6.34. The molecule has 0 bridgehead atoms. The summed E-state index contributed by atoms with van der Waals surface area (Å²) in [5.74, 6) is 0. The Kier molecular flexibility index (Phi) is 6.84. The van der Waals surface area contributed by atoms with Crippen LogP contribution in [0.5, 0.6) is 0 Å². The zero-order valence-electron chi connectivity index (χ0n) is 26.3. The maximum Gasteiger partial charge on any atom is 0.143 e. The SMILES string of the molecule is c1ccc(N(c2ccc(-c3cccc(-c4ccc5ccccc5c4)c3)cc2)c2ccc(-c3cccc4c3oc3ccccc34)cc2)cc1. The van der Waals surface area contributed by atoms with Crippen LogP contribution in [0.2, 0.25) is 0 Å². The van der Waals surface area contributed by atoms with Gasteiger partial charge in [0.2, 0.25) is 0 Å². The molecule has 0 saturated heterocycles. The van der Waals surface area contributed by atoms with Crippen LogP contribution in [0.4, 0.5) is 17.1 Å². The first kappa shape index (κ1) is 27.9. The van der Waals surface area contributed by atoms with Crippen molar-refractivity contribution in [3.05, 3.63) is 188 Å². The lowest BCUT2D eigenvalue weighted by Gasteiger charge is -2.26. The summed E-state index contributed by atoms with van der Waals surface area (Å²) in [6.07, 6.45) is 0. The maximum absolute atomic E-state index is 6.34. The van der Waals surface area contributed by atoms with Gasteiger partial charge in [0.25, 0.3) is 0 Å². The number of hydrogen-bond donors (Lipinski definition) is 0. The third-order valence-corrected chi connectivity index (χ3v) is 9.26. The Balaban J connectivity index is 1.05. The second-order valence-corrected chi connectivity index (χ2v) is 12.2. The monoisotopic (exact) mass is 613 g/mol. The quantitative estimate of drug-likeness (QED) is 0.185. The highest BCUT2D eigenvalue weighted by molar-refractivity contribution is 6.09. The topological polar surface area (TPSA) is 16.4 Å². The summed E-state index contributed by atoms with van der Waals surface area (Å²) in [7, 11) is 0. The van der Waals surface area contributed by atoms with Gasteiger partial charge in [-0.05, 0) is 93.2 Å². The average molecular weight is 614 g/mol. The molecule has 8 aromatic carbocycles. The number of anilines is 3. The van der Waals surface area contributed by atoms with Crippen molar-refractivity contribution in [2.24, 2.45) is 0 Å². The molecule has 9 rings (SSSR count). The van der Waals surface area contributed by atoms with Gasteiger partial charge in [0, 0.05) is 33.4 Å². The van der Waals surface area contributed by atoms with Crippen LogP contribution in [0.15, 0.2) is 192 Å². The van der Waals surface area contributed by atoms with Crippen molar-refractivity contribution in [3.63, 3.8) is 0 Å². The summed E-state index contributed by atoms with van der Waals surface area (Å²) in [6, 6.07) is 66.9. The lowest BCUT2D eigenvalue weighted by molar-refractivity contribution is 0.670. The van der Waals surface area contributed by atoms with Gasteiger partial charge in [0.05, 0.1) is 0 Å². The van der Waals surface area contributed by atoms with Crippen LogP contribution in [-0.4, -0.2) is 0 Å². The first-order valence-electron chi connectivity index (χ1n) is 16.3. The van der Waals surface area contributed by atoms with Gasteiger partial charge in [-0.1, -0.05) is 133 Å². The number of benzene rings is 8. The van der Waals surface area contributed by atoms with Gasteiger partial charge < -0.3 is 9.32 Å². The number of hydrogen-bond acceptors (Lipinski definition) is 2. The lowest BCUT2D eigenvalue weighted by Crippen LogP contribution is -2.09. The second-order valence-electron chi connectivity index (χ2n) is 12.2. The number of para-hydroxylation sites is 3. The van der Waals surface area contributed by atoms with Gasteiger partial charge in [-0.15, -0.1) is 0 Å². The number of nitrogens with zero attached hydrogens (tertiary/aromatic N) is 1. The molecule has 0 aliphatic heterocycles. The number of rotatable bonds is 6. The van der Waals surface area contributed by atoms with E-state index >= 15 is 0 Å². The molecule has 0 radical (unpaired) electrons. The molecule has 0 aliphatic rings. The second kappa shape index (κ2) is 11.8. The molecule has 1 aromatic heterocycles. The van der Waals surface area contributed by atoms with E-state index in [4.69, 9.17) is 4.42 Å². The molecule has 9 aromatic rings. The fourth-order valence-corrected chi connectivity index (χ4v) is 6.84. The minimum atomic E-state index is 0.913. The predicted molar refractivity (Wildman–Crippen MR) is 202 cm³/mol. The molecule has 0 spiro atoms. The predicted octanol–water partition coefficient (Wildman–Crippen LogP) is 13.2. The van der Waals surface area contributed by atoms with E-state index in [9.17, 15) is 0 Å². The molecule has 2 nitrogen and oxygen atoms in total. The Hall–Kier alpha value is -6.38. The van der Waals surface area contributed by atoms with Crippen molar-refractivity contribution in [1.82, 2.24) is 0 Å². The first-order chi connectivity index (χ1) is 23.8. The van der Waals surface area contributed by atoms with Crippen LogP contribution >= 0.6 is 0 Å². The highest BCUT2D eigenvalue weighted by Gasteiger charge is 2.15. The average Bonchev–Trinajstić information content (AvgIpc) is 3.55. The normalized spacial score (nSPS) is 11.3. The zero-order valence-corrected chi connectivity index (χ0v) is 26.3. The van der Waals surface area contributed by atoms with Crippen LogP contribution in [-0.2, 0) is 0 Å². The summed E-state index contributed by atoms with van der Waals surface area (Å²) >= 11 is 0. The number of fused-ring (bicyclic) bond motifs is 4. The van der Waals surface area contributed by atoms with Gasteiger partial charge in [-0.2, -0.15) is 0 Å². The van der Waals surface area contributed by atoms with Crippen LogP contribution in [0.3, 0.4) is 0 Å². The van der Waals surface area contributed by atoms with E-state index in [1.807, 2.05) is 12.1 Å². The third kappa shape index (κ3) is 5.01. The Morgan fingerprint density at radius 1 is 0.333 bits per heavy atom. The van der Waals surface area contributed by atoms with Crippen molar-refractivity contribution in [3.8, 4) is 33.4 Å². The molecule has 0 aliphatic carbocycles. The Morgan fingerprint density at radius 2 is 0.896 bits per heavy atom. The van der Waals surface area contributed by atoms with Crippen molar-refractivity contribution in [2.45, 2.75) is 0 Å². The molecule has 226 valence electrons. The molecule has 0 atom stereocenters. The molecular formula is C46H31NO. The fraction of sp³-hybridized carbons (Fsp3) is 0. The summed E-state index contributed by atoms with van der Waals surface area (Å²) in [5, 5.41) is 4.80. The minimum absolute atomic E-state index is 0.913. The summed E-state index contributed by atoms with van der Waals surface area (Å²) in [4.78, 5) is 2.31. The molecule has 0 saturated carbocycles. The van der Waals surface area contributed by atoms with Crippen molar-refractivity contribution >= 4 is 49.8 Å². The smallest absolute Gasteiger partial charge is 0.143 e. The van der Waals surface area contributed by atoms with E-state index in [1.165, 1.54) is 33.0 Å². The molecule has 0 N–H and O–H groups in total.